The summed E-state index contributed by atoms with van der Waals surface area (Å²) >= 11 is 0. The summed E-state index contributed by atoms with van der Waals surface area (Å²) in [6, 6.07) is 9.36. The number of aryl methyl sites for hydroxylation is 1. The molecule has 0 spiro atoms. The molecule has 0 unspecified atom stereocenters. The Bertz CT molecular complexity index is 248. The van der Waals surface area contributed by atoms with Crippen molar-refractivity contribution < 1.29 is 4.43 Å². The van der Waals surface area contributed by atoms with Crippen LogP contribution in [0.1, 0.15) is 25.3 Å². The van der Waals surface area contributed by atoms with Gasteiger partial charge in [-0.15, -0.1) is 0 Å². The maximum atomic E-state index is 5.67. The molecule has 0 amide bonds. The minimum absolute atomic E-state index is 0.613. The minimum atomic E-state index is 0.613. The second-order valence-corrected chi connectivity index (χ2v) is 4.11. The topological polar surface area (TPSA) is 9.23 Å². The normalized spacial score (nSPS) is 10.0. The van der Waals surface area contributed by atoms with Crippen LogP contribution >= 0.6 is 0 Å². The number of para-hydroxylation sites is 1. The first-order valence-corrected chi connectivity index (χ1v) is 5.91. The predicted molar refractivity (Wildman–Crippen MR) is 57.3 cm³/mol. The van der Waals surface area contributed by atoms with Crippen molar-refractivity contribution in [2.75, 3.05) is 0 Å². The maximum Gasteiger partial charge on any atom is 0.310 e. The van der Waals surface area contributed by atoms with E-state index in [-0.39, 0.29) is 0 Å². The minimum Gasteiger partial charge on any atom is -0.541 e. The van der Waals surface area contributed by atoms with Crippen LogP contribution in [0.15, 0.2) is 24.3 Å². The maximum absolute atomic E-state index is 5.67. The number of hydrogen-bond donors (Lipinski definition) is 0. The third-order valence-corrected chi connectivity index (χ3v) is 2.83. The lowest BCUT2D eigenvalue weighted by Gasteiger charge is -2.06. The summed E-state index contributed by atoms with van der Waals surface area (Å²) in [6.45, 7) is 4.29. The monoisotopic (exact) mass is 192 g/mol. The van der Waals surface area contributed by atoms with Crippen molar-refractivity contribution in [3.8, 4) is 5.75 Å². The number of unbranched alkanes of at least 4 members (excludes halogenated alkanes) is 1. The Kier molecular flexibility index (Phi) is 4.61. The van der Waals surface area contributed by atoms with Crippen molar-refractivity contribution in [1.29, 1.82) is 0 Å². The number of rotatable bonds is 5. The van der Waals surface area contributed by atoms with E-state index >= 15 is 0 Å². The molecule has 2 heteroatoms. The first-order chi connectivity index (χ1) is 6.34. The quantitative estimate of drug-likeness (QED) is 0.514. The van der Waals surface area contributed by atoms with Gasteiger partial charge in [-0.2, -0.15) is 0 Å². The highest BCUT2D eigenvalue weighted by molar-refractivity contribution is 6.28. The van der Waals surface area contributed by atoms with Crippen LogP contribution < -0.4 is 4.43 Å². The molecule has 70 valence electrons. The van der Waals surface area contributed by atoms with Crippen LogP contribution in [0, 0.1) is 6.92 Å². The van der Waals surface area contributed by atoms with Gasteiger partial charge in [0.1, 0.15) is 5.75 Å². The Hall–Kier alpha value is -0.763. The molecule has 0 saturated carbocycles. The smallest absolute Gasteiger partial charge is 0.310 e. The molecule has 0 aromatic heterocycles. The van der Waals surface area contributed by atoms with Crippen LogP contribution in [-0.2, 0) is 0 Å². The molecule has 0 aliphatic rings. The van der Waals surface area contributed by atoms with Gasteiger partial charge < -0.3 is 4.43 Å². The van der Waals surface area contributed by atoms with Crippen LogP contribution in [0.5, 0.6) is 5.75 Å². The van der Waals surface area contributed by atoms with Gasteiger partial charge in [-0.3, -0.25) is 0 Å². The van der Waals surface area contributed by atoms with Crippen LogP contribution in [-0.4, -0.2) is 9.76 Å². The molecule has 2 radical (unpaired) electrons. The molecule has 13 heavy (non-hydrogen) atoms. The summed E-state index contributed by atoms with van der Waals surface area (Å²) in [6.07, 6.45) is 2.52. The molecule has 1 nitrogen and oxygen atoms in total. The Morgan fingerprint density at radius 2 is 2.08 bits per heavy atom. The summed E-state index contributed by atoms with van der Waals surface area (Å²) in [4.78, 5) is 0. The van der Waals surface area contributed by atoms with E-state index in [1.165, 1.54) is 24.4 Å². The van der Waals surface area contributed by atoms with Crippen LogP contribution in [0.3, 0.4) is 0 Å². The summed E-state index contributed by atoms with van der Waals surface area (Å²) in [5.74, 6) is 1.04. The van der Waals surface area contributed by atoms with Gasteiger partial charge in [-0.25, -0.2) is 0 Å². The second-order valence-electron chi connectivity index (χ2n) is 3.12. The Balaban J connectivity index is 2.32. The molecule has 0 aliphatic heterocycles. The molecular formula is C11H16OSi. The van der Waals surface area contributed by atoms with Crippen molar-refractivity contribution >= 4 is 9.76 Å². The van der Waals surface area contributed by atoms with Crippen molar-refractivity contribution in [3.05, 3.63) is 29.8 Å². The molecule has 0 saturated heterocycles. The molecule has 0 bridgehead atoms. The average molecular weight is 192 g/mol. The fourth-order valence-corrected chi connectivity index (χ4v) is 2.03. The van der Waals surface area contributed by atoms with Gasteiger partial charge in [0, 0.05) is 0 Å². The van der Waals surface area contributed by atoms with E-state index in [2.05, 4.69) is 19.9 Å². The zero-order valence-electron chi connectivity index (χ0n) is 8.34. The third kappa shape index (κ3) is 3.64. The zero-order chi connectivity index (χ0) is 9.52. The van der Waals surface area contributed by atoms with E-state index in [0.717, 1.165) is 5.75 Å². The first-order valence-electron chi connectivity index (χ1n) is 4.80. The molecule has 1 aromatic rings. The van der Waals surface area contributed by atoms with E-state index in [4.69, 9.17) is 4.43 Å². The third-order valence-electron chi connectivity index (χ3n) is 1.91. The number of hydrogen-bond acceptors (Lipinski definition) is 1. The molecule has 0 atom stereocenters. The summed E-state index contributed by atoms with van der Waals surface area (Å²) in [7, 11) is 0.613. The lowest BCUT2D eigenvalue weighted by Crippen LogP contribution is -2.02. The van der Waals surface area contributed by atoms with Gasteiger partial charge in [-0.1, -0.05) is 38.0 Å². The largest absolute Gasteiger partial charge is 0.541 e. The average Bonchev–Trinajstić information content (AvgIpc) is 2.15. The van der Waals surface area contributed by atoms with Crippen LogP contribution in [0.2, 0.25) is 6.04 Å². The molecule has 1 aromatic carbocycles. The van der Waals surface area contributed by atoms with E-state index < -0.39 is 0 Å². The molecule has 0 N–H and O–H groups in total. The standard InChI is InChI=1S/C11H16OSi/c1-3-4-9-13-12-11-8-6-5-7-10(11)2/h5-8H,3-4,9H2,1-2H3. The van der Waals surface area contributed by atoms with Crippen molar-refractivity contribution in [1.82, 2.24) is 0 Å². The fraction of sp³-hybridized carbons (Fsp3) is 0.455. The van der Waals surface area contributed by atoms with E-state index in [9.17, 15) is 0 Å². The summed E-state index contributed by atoms with van der Waals surface area (Å²) in [5.41, 5.74) is 1.23. The Morgan fingerprint density at radius 3 is 2.77 bits per heavy atom. The number of benzene rings is 1. The fourth-order valence-electron chi connectivity index (χ4n) is 1.05. The highest BCUT2D eigenvalue weighted by Crippen LogP contribution is 2.15. The summed E-state index contributed by atoms with van der Waals surface area (Å²) in [5, 5.41) is 0. The van der Waals surface area contributed by atoms with Crippen molar-refractivity contribution in [2.24, 2.45) is 0 Å². The molecular weight excluding hydrogens is 176 g/mol. The van der Waals surface area contributed by atoms with Gasteiger partial charge in [0.15, 0.2) is 0 Å². The van der Waals surface area contributed by atoms with Gasteiger partial charge >= 0.3 is 9.76 Å². The van der Waals surface area contributed by atoms with Crippen molar-refractivity contribution in [3.63, 3.8) is 0 Å². The van der Waals surface area contributed by atoms with Gasteiger partial charge in [-0.05, 0) is 24.6 Å². The molecule has 0 fully saturated rings. The molecule has 1 rings (SSSR count). The van der Waals surface area contributed by atoms with E-state index in [1.54, 1.807) is 0 Å². The van der Waals surface area contributed by atoms with E-state index in [1.807, 2.05) is 18.2 Å². The summed E-state index contributed by atoms with van der Waals surface area (Å²) < 4.78 is 5.67. The Morgan fingerprint density at radius 1 is 1.31 bits per heavy atom. The first kappa shape index (κ1) is 10.3. The predicted octanol–water partition coefficient (Wildman–Crippen LogP) is 3.21. The molecule has 0 heterocycles. The van der Waals surface area contributed by atoms with Gasteiger partial charge in [0.2, 0.25) is 0 Å². The second kappa shape index (κ2) is 5.81. The van der Waals surface area contributed by atoms with Gasteiger partial charge in [0.25, 0.3) is 0 Å². The highest BCUT2D eigenvalue weighted by Gasteiger charge is 1.97. The zero-order valence-corrected chi connectivity index (χ0v) is 9.34. The lowest BCUT2D eigenvalue weighted by atomic mass is 10.2. The van der Waals surface area contributed by atoms with Crippen molar-refractivity contribution in [2.45, 2.75) is 32.7 Å². The van der Waals surface area contributed by atoms with Crippen LogP contribution in [0.25, 0.3) is 0 Å². The van der Waals surface area contributed by atoms with Gasteiger partial charge in [0.05, 0.1) is 0 Å². The van der Waals surface area contributed by atoms with E-state index in [0.29, 0.717) is 9.76 Å². The SMILES string of the molecule is CCCC[Si]Oc1ccccc1C. The van der Waals surface area contributed by atoms with Crippen LogP contribution in [0.4, 0.5) is 0 Å². The molecule has 0 aliphatic carbocycles. The lowest BCUT2D eigenvalue weighted by molar-refractivity contribution is 0.582. The Labute approximate surface area is 83.1 Å². The highest BCUT2D eigenvalue weighted by atomic mass is 28.2.